The van der Waals surface area contributed by atoms with Crippen LogP contribution in [0.3, 0.4) is 0 Å². The summed E-state index contributed by atoms with van der Waals surface area (Å²) in [6, 6.07) is 14.4. The van der Waals surface area contributed by atoms with Crippen LogP contribution in [0.15, 0.2) is 53.9 Å². The number of aryl methyl sites for hydroxylation is 2. The van der Waals surface area contributed by atoms with E-state index >= 15 is 0 Å². The number of ether oxygens (including phenoxy) is 1. The molecule has 27 heavy (non-hydrogen) atoms. The lowest BCUT2D eigenvalue weighted by molar-refractivity contribution is -0.111. The minimum atomic E-state index is -0.218. The fourth-order valence-corrected chi connectivity index (χ4v) is 2.95. The second kappa shape index (κ2) is 8.30. The molecule has 1 aromatic heterocycles. The summed E-state index contributed by atoms with van der Waals surface area (Å²) < 4.78 is 5.78. The van der Waals surface area contributed by atoms with Crippen molar-refractivity contribution in [1.29, 1.82) is 5.26 Å². The highest BCUT2D eigenvalue weighted by molar-refractivity contribution is 7.09. The number of benzene rings is 2. The molecule has 0 saturated heterocycles. The Balaban J connectivity index is 1.64. The van der Waals surface area contributed by atoms with Gasteiger partial charge in [0, 0.05) is 17.1 Å². The third kappa shape index (κ3) is 5.03. The van der Waals surface area contributed by atoms with Gasteiger partial charge in [-0.2, -0.15) is 5.26 Å². The normalized spacial score (nSPS) is 10.6. The molecular weight excluding hydrogens is 358 g/mol. The summed E-state index contributed by atoms with van der Waals surface area (Å²) in [6.45, 7) is 3.82. The maximum atomic E-state index is 12.1. The van der Waals surface area contributed by atoms with Crippen LogP contribution in [0, 0.1) is 25.2 Å². The Morgan fingerprint density at radius 3 is 2.56 bits per heavy atom. The van der Waals surface area contributed by atoms with Gasteiger partial charge in [0.25, 0.3) is 0 Å². The van der Waals surface area contributed by atoms with Gasteiger partial charge in [-0.05, 0) is 68.0 Å². The molecule has 1 amide bonds. The van der Waals surface area contributed by atoms with Crippen LogP contribution >= 0.6 is 11.3 Å². The molecule has 0 fully saturated rings. The molecule has 0 aliphatic heterocycles. The first-order valence-electron chi connectivity index (χ1n) is 8.23. The number of amides is 1. The van der Waals surface area contributed by atoms with Crippen LogP contribution in [0.2, 0.25) is 0 Å². The molecule has 1 heterocycles. The first kappa shape index (κ1) is 18.4. The van der Waals surface area contributed by atoms with Gasteiger partial charge in [0.15, 0.2) is 0 Å². The molecule has 3 rings (SSSR count). The highest BCUT2D eigenvalue weighted by Crippen LogP contribution is 2.26. The van der Waals surface area contributed by atoms with Crippen molar-refractivity contribution in [3.8, 4) is 17.6 Å². The molecular formula is C21H17N3O2S. The van der Waals surface area contributed by atoms with E-state index < -0.39 is 0 Å². The van der Waals surface area contributed by atoms with Crippen LogP contribution in [-0.2, 0) is 4.79 Å². The van der Waals surface area contributed by atoms with Crippen LogP contribution in [0.4, 0.5) is 5.69 Å². The summed E-state index contributed by atoms with van der Waals surface area (Å²) in [5, 5.41) is 14.5. The number of carbonyl (C=O) groups is 1. The Hall–Kier alpha value is -3.43. The van der Waals surface area contributed by atoms with Gasteiger partial charge in [0.1, 0.15) is 11.5 Å². The summed E-state index contributed by atoms with van der Waals surface area (Å²) in [4.78, 5) is 16.4. The van der Waals surface area contributed by atoms with Crippen molar-refractivity contribution in [2.24, 2.45) is 0 Å². The van der Waals surface area contributed by atoms with Crippen LogP contribution in [0.25, 0.3) is 6.08 Å². The minimum absolute atomic E-state index is 0.218. The van der Waals surface area contributed by atoms with Crippen LogP contribution in [-0.4, -0.2) is 10.9 Å². The molecule has 1 N–H and O–H groups in total. The van der Waals surface area contributed by atoms with Crippen molar-refractivity contribution in [3.63, 3.8) is 0 Å². The zero-order valence-electron chi connectivity index (χ0n) is 14.9. The second-order valence-corrected chi connectivity index (χ2v) is 6.89. The van der Waals surface area contributed by atoms with Crippen LogP contribution in [0.1, 0.15) is 21.8 Å². The van der Waals surface area contributed by atoms with Gasteiger partial charge in [-0.3, -0.25) is 4.79 Å². The molecule has 0 aliphatic carbocycles. The smallest absolute Gasteiger partial charge is 0.248 e. The first-order chi connectivity index (χ1) is 13.0. The third-order valence-electron chi connectivity index (χ3n) is 3.72. The molecule has 0 atom stereocenters. The molecule has 0 unspecified atom stereocenters. The van der Waals surface area contributed by atoms with Crippen molar-refractivity contribution in [3.05, 3.63) is 75.7 Å². The van der Waals surface area contributed by atoms with Crippen molar-refractivity contribution < 1.29 is 9.53 Å². The highest BCUT2D eigenvalue weighted by atomic mass is 32.1. The Labute approximate surface area is 161 Å². The molecule has 0 saturated carbocycles. The Morgan fingerprint density at radius 1 is 1.19 bits per heavy atom. The van der Waals surface area contributed by atoms with E-state index in [1.54, 1.807) is 53.8 Å². The number of nitrogens with zero attached hydrogens (tertiary/aromatic N) is 2. The summed E-state index contributed by atoms with van der Waals surface area (Å²) in [5.41, 5.74) is 2.95. The second-order valence-electron chi connectivity index (χ2n) is 5.83. The Bertz CT molecular complexity index is 1030. The average Bonchev–Trinajstić information content (AvgIpc) is 3.08. The average molecular weight is 375 g/mol. The van der Waals surface area contributed by atoms with Crippen LogP contribution < -0.4 is 10.1 Å². The Morgan fingerprint density at radius 2 is 1.93 bits per heavy atom. The van der Waals surface area contributed by atoms with E-state index in [4.69, 9.17) is 10.00 Å². The van der Waals surface area contributed by atoms with Gasteiger partial charge >= 0.3 is 0 Å². The van der Waals surface area contributed by atoms with E-state index in [0.29, 0.717) is 22.7 Å². The lowest BCUT2D eigenvalue weighted by atomic mass is 10.2. The first-order valence-corrected chi connectivity index (χ1v) is 9.11. The minimum Gasteiger partial charge on any atom is -0.457 e. The summed E-state index contributed by atoms with van der Waals surface area (Å²) >= 11 is 1.54. The number of hydrogen-bond acceptors (Lipinski definition) is 5. The molecule has 0 radical (unpaired) electrons. The molecule has 134 valence electrons. The van der Waals surface area contributed by atoms with Gasteiger partial charge in [0.05, 0.1) is 22.3 Å². The summed E-state index contributed by atoms with van der Waals surface area (Å²) in [6.07, 6.45) is 3.16. The zero-order chi connectivity index (χ0) is 19.2. The van der Waals surface area contributed by atoms with Crippen molar-refractivity contribution in [2.75, 3.05) is 5.32 Å². The lowest BCUT2D eigenvalue weighted by Crippen LogP contribution is -2.08. The topological polar surface area (TPSA) is 75.0 Å². The van der Waals surface area contributed by atoms with Gasteiger partial charge in [-0.25, -0.2) is 4.98 Å². The van der Waals surface area contributed by atoms with E-state index in [0.717, 1.165) is 16.3 Å². The van der Waals surface area contributed by atoms with Gasteiger partial charge in [-0.15, -0.1) is 11.3 Å². The fraction of sp³-hybridized carbons (Fsp3) is 0.0952. The SMILES string of the molecule is Cc1nc(/C=C/C(=O)Nc2ccc(Oc3ccc(C#N)cc3)cc2C)cs1. The number of anilines is 1. The number of aromatic nitrogens is 1. The number of carbonyl (C=O) groups excluding carboxylic acids is 1. The monoisotopic (exact) mass is 375 g/mol. The largest absolute Gasteiger partial charge is 0.457 e. The van der Waals surface area contributed by atoms with Crippen molar-refractivity contribution in [1.82, 2.24) is 4.98 Å². The molecule has 5 nitrogen and oxygen atoms in total. The predicted octanol–water partition coefficient (Wildman–Crippen LogP) is 5.08. The fourth-order valence-electron chi connectivity index (χ4n) is 2.37. The summed E-state index contributed by atoms with van der Waals surface area (Å²) in [5.74, 6) is 1.08. The third-order valence-corrected chi connectivity index (χ3v) is 4.51. The van der Waals surface area contributed by atoms with E-state index in [1.807, 2.05) is 25.3 Å². The lowest BCUT2D eigenvalue weighted by Gasteiger charge is -2.10. The number of nitrogens with one attached hydrogen (secondary N) is 1. The van der Waals surface area contributed by atoms with Gasteiger partial charge < -0.3 is 10.1 Å². The van der Waals surface area contributed by atoms with Gasteiger partial charge in [-0.1, -0.05) is 0 Å². The van der Waals surface area contributed by atoms with E-state index in [-0.39, 0.29) is 5.91 Å². The molecule has 6 heteroatoms. The van der Waals surface area contributed by atoms with Gasteiger partial charge in [0.2, 0.25) is 5.91 Å². The molecule has 3 aromatic rings. The summed E-state index contributed by atoms with van der Waals surface area (Å²) in [7, 11) is 0. The Kier molecular flexibility index (Phi) is 5.64. The molecule has 2 aromatic carbocycles. The maximum absolute atomic E-state index is 12.1. The molecule has 0 aliphatic rings. The number of hydrogen-bond donors (Lipinski definition) is 1. The predicted molar refractivity (Wildman–Crippen MR) is 107 cm³/mol. The maximum Gasteiger partial charge on any atom is 0.248 e. The molecule has 0 bridgehead atoms. The molecule has 0 spiro atoms. The highest BCUT2D eigenvalue weighted by Gasteiger charge is 2.05. The number of nitriles is 1. The van der Waals surface area contributed by atoms with Crippen molar-refractivity contribution in [2.45, 2.75) is 13.8 Å². The number of thiazole rings is 1. The van der Waals surface area contributed by atoms with Crippen molar-refractivity contribution >= 4 is 29.0 Å². The van der Waals surface area contributed by atoms with E-state index in [2.05, 4.69) is 16.4 Å². The van der Waals surface area contributed by atoms with Crippen LogP contribution in [0.5, 0.6) is 11.5 Å². The van der Waals surface area contributed by atoms with E-state index in [9.17, 15) is 4.79 Å². The zero-order valence-corrected chi connectivity index (χ0v) is 15.7. The van der Waals surface area contributed by atoms with E-state index in [1.165, 1.54) is 6.08 Å². The number of rotatable bonds is 5. The standard InChI is InChI=1S/C21H17N3O2S/c1-14-11-19(26-18-6-3-16(12-22)4-7-18)8-9-20(14)24-21(25)10-5-17-13-27-15(2)23-17/h3-11,13H,1-2H3,(H,24,25)/b10-5+. The quantitative estimate of drug-likeness (QED) is 0.631.